The number of rotatable bonds is 7. The number of nitriles is 1. The third-order valence-corrected chi connectivity index (χ3v) is 3.25. The Balaban J connectivity index is 2.22. The van der Waals surface area contributed by atoms with Crippen LogP contribution in [0.4, 0.5) is 17.5 Å². The molecule has 114 valence electrons. The van der Waals surface area contributed by atoms with Crippen molar-refractivity contribution in [2.24, 2.45) is 0 Å². The molecule has 1 aromatic carbocycles. The van der Waals surface area contributed by atoms with Crippen LogP contribution in [0.3, 0.4) is 0 Å². The van der Waals surface area contributed by atoms with Gasteiger partial charge in [0.05, 0.1) is 11.3 Å². The van der Waals surface area contributed by atoms with E-state index in [0.717, 1.165) is 37.4 Å². The number of aromatic nitrogens is 2. The van der Waals surface area contributed by atoms with Crippen molar-refractivity contribution in [1.29, 1.82) is 5.26 Å². The first-order chi connectivity index (χ1) is 10.8. The molecular weight excluding hydrogens is 274 g/mol. The first kappa shape index (κ1) is 15.8. The van der Waals surface area contributed by atoms with E-state index in [1.165, 1.54) is 0 Å². The van der Waals surface area contributed by atoms with Gasteiger partial charge < -0.3 is 10.2 Å². The molecule has 2 aromatic rings. The Morgan fingerprint density at radius 1 is 1.14 bits per heavy atom. The van der Waals surface area contributed by atoms with Crippen LogP contribution in [0.15, 0.2) is 36.5 Å². The van der Waals surface area contributed by atoms with E-state index in [9.17, 15) is 0 Å². The highest BCUT2D eigenvalue weighted by atomic mass is 15.2. The first-order valence-electron chi connectivity index (χ1n) is 7.62. The molecule has 0 fully saturated rings. The van der Waals surface area contributed by atoms with E-state index in [-0.39, 0.29) is 0 Å². The summed E-state index contributed by atoms with van der Waals surface area (Å²) < 4.78 is 0. The number of nitrogens with one attached hydrogen (secondary N) is 1. The molecule has 0 atom stereocenters. The Morgan fingerprint density at radius 3 is 2.55 bits per heavy atom. The molecular formula is C17H21N5. The SMILES string of the molecule is CCCN(CCC)c1ccnc(Nc2ccccc2C#N)n1. The summed E-state index contributed by atoms with van der Waals surface area (Å²) in [5, 5.41) is 12.3. The quantitative estimate of drug-likeness (QED) is 0.843. The molecule has 0 spiro atoms. The van der Waals surface area contributed by atoms with Gasteiger partial charge in [0.15, 0.2) is 0 Å². The molecule has 0 aliphatic carbocycles. The van der Waals surface area contributed by atoms with Crippen LogP contribution in [0.2, 0.25) is 0 Å². The molecule has 1 aromatic heterocycles. The standard InChI is InChI=1S/C17H21N5/c1-3-11-22(12-4-2)16-9-10-19-17(21-16)20-15-8-6-5-7-14(15)13-18/h5-10H,3-4,11-12H2,1-2H3,(H,19,20,21). The van der Waals surface area contributed by atoms with Crippen molar-refractivity contribution in [3.63, 3.8) is 0 Å². The summed E-state index contributed by atoms with van der Waals surface area (Å²) >= 11 is 0. The largest absolute Gasteiger partial charge is 0.356 e. The van der Waals surface area contributed by atoms with Crippen molar-refractivity contribution >= 4 is 17.5 Å². The van der Waals surface area contributed by atoms with Gasteiger partial charge in [0, 0.05) is 19.3 Å². The van der Waals surface area contributed by atoms with Crippen molar-refractivity contribution in [3.8, 4) is 6.07 Å². The van der Waals surface area contributed by atoms with Crippen LogP contribution in [0.25, 0.3) is 0 Å². The molecule has 0 amide bonds. The second-order valence-electron chi connectivity index (χ2n) is 5.01. The van der Waals surface area contributed by atoms with Gasteiger partial charge in [-0.15, -0.1) is 0 Å². The smallest absolute Gasteiger partial charge is 0.229 e. The second-order valence-corrected chi connectivity index (χ2v) is 5.01. The average Bonchev–Trinajstić information content (AvgIpc) is 2.55. The summed E-state index contributed by atoms with van der Waals surface area (Å²) in [5.74, 6) is 1.42. The highest BCUT2D eigenvalue weighted by molar-refractivity contribution is 5.63. The van der Waals surface area contributed by atoms with Gasteiger partial charge in [-0.2, -0.15) is 10.2 Å². The van der Waals surface area contributed by atoms with Gasteiger partial charge in [-0.25, -0.2) is 4.98 Å². The normalized spacial score (nSPS) is 10.0. The minimum absolute atomic E-state index is 0.511. The summed E-state index contributed by atoms with van der Waals surface area (Å²) in [5.41, 5.74) is 1.30. The van der Waals surface area contributed by atoms with Gasteiger partial charge in [-0.1, -0.05) is 26.0 Å². The zero-order valence-corrected chi connectivity index (χ0v) is 13.1. The summed E-state index contributed by atoms with van der Waals surface area (Å²) in [6.45, 7) is 6.26. The third kappa shape index (κ3) is 3.95. The number of hydrogen-bond donors (Lipinski definition) is 1. The predicted molar refractivity (Wildman–Crippen MR) is 89.3 cm³/mol. The molecule has 1 heterocycles. The maximum absolute atomic E-state index is 9.14. The van der Waals surface area contributed by atoms with E-state index in [2.05, 4.69) is 40.1 Å². The minimum atomic E-state index is 0.511. The van der Waals surface area contributed by atoms with Gasteiger partial charge in [0.2, 0.25) is 5.95 Å². The number of nitrogens with zero attached hydrogens (tertiary/aromatic N) is 4. The molecule has 5 nitrogen and oxygen atoms in total. The van der Waals surface area contributed by atoms with Crippen molar-refractivity contribution in [1.82, 2.24) is 9.97 Å². The van der Waals surface area contributed by atoms with E-state index >= 15 is 0 Å². The van der Waals surface area contributed by atoms with Crippen LogP contribution in [0.1, 0.15) is 32.3 Å². The van der Waals surface area contributed by atoms with Gasteiger partial charge in [0.25, 0.3) is 0 Å². The van der Waals surface area contributed by atoms with Crippen LogP contribution < -0.4 is 10.2 Å². The molecule has 0 bridgehead atoms. The van der Waals surface area contributed by atoms with Crippen molar-refractivity contribution in [2.45, 2.75) is 26.7 Å². The first-order valence-corrected chi connectivity index (χ1v) is 7.62. The highest BCUT2D eigenvalue weighted by Crippen LogP contribution is 2.19. The van der Waals surface area contributed by atoms with E-state index in [0.29, 0.717) is 11.5 Å². The van der Waals surface area contributed by atoms with E-state index < -0.39 is 0 Å². The predicted octanol–water partition coefficient (Wildman–Crippen LogP) is 3.72. The second kappa shape index (κ2) is 7.99. The molecule has 0 aliphatic heterocycles. The van der Waals surface area contributed by atoms with Gasteiger partial charge in [-0.05, 0) is 31.0 Å². The number of benzene rings is 1. The number of hydrogen-bond acceptors (Lipinski definition) is 5. The Labute approximate surface area is 131 Å². The Kier molecular flexibility index (Phi) is 5.73. The fraction of sp³-hybridized carbons (Fsp3) is 0.353. The molecule has 1 N–H and O–H groups in total. The lowest BCUT2D eigenvalue weighted by Crippen LogP contribution is -2.26. The van der Waals surface area contributed by atoms with Crippen molar-refractivity contribution < 1.29 is 0 Å². The van der Waals surface area contributed by atoms with E-state index in [4.69, 9.17) is 5.26 Å². The zero-order valence-electron chi connectivity index (χ0n) is 13.1. The van der Waals surface area contributed by atoms with E-state index in [1.54, 1.807) is 12.3 Å². The summed E-state index contributed by atoms with van der Waals surface area (Å²) in [7, 11) is 0. The monoisotopic (exact) mass is 295 g/mol. The molecule has 0 aliphatic rings. The van der Waals surface area contributed by atoms with Crippen LogP contribution >= 0.6 is 0 Å². The Hall–Kier alpha value is -2.61. The molecule has 22 heavy (non-hydrogen) atoms. The lowest BCUT2D eigenvalue weighted by Gasteiger charge is -2.22. The van der Waals surface area contributed by atoms with Crippen LogP contribution in [-0.2, 0) is 0 Å². The third-order valence-electron chi connectivity index (χ3n) is 3.25. The number of anilines is 3. The van der Waals surface area contributed by atoms with Crippen molar-refractivity contribution in [2.75, 3.05) is 23.3 Å². The van der Waals surface area contributed by atoms with Crippen molar-refractivity contribution in [3.05, 3.63) is 42.1 Å². The molecule has 5 heteroatoms. The topological polar surface area (TPSA) is 64.8 Å². The lowest BCUT2D eigenvalue weighted by atomic mass is 10.2. The molecule has 0 unspecified atom stereocenters. The number of para-hydroxylation sites is 1. The Bertz CT molecular complexity index is 641. The van der Waals surface area contributed by atoms with Gasteiger partial charge >= 0.3 is 0 Å². The summed E-state index contributed by atoms with van der Waals surface area (Å²) in [4.78, 5) is 11.1. The minimum Gasteiger partial charge on any atom is -0.356 e. The van der Waals surface area contributed by atoms with Gasteiger partial charge in [-0.3, -0.25) is 0 Å². The highest BCUT2D eigenvalue weighted by Gasteiger charge is 2.08. The maximum atomic E-state index is 9.14. The van der Waals surface area contributed by atoms with Crippen LogP contribution in [-0.4, -0.2) is 23.1 Å². The Morgan fingerprint density at radius 2 is 1.86 bits per heavy atom. The zero-order chi connectivity index (χ0) is 15.8. The maximum Gasteiger partial charge on any atom is 0.229 e. The lowest BCUT2D eigenvalue weighted by molar-refractivity contribution is 0.733. The molecule has 2 rings (SSSR count). The van der Waals surface area contributed by atoms with Crippen LogP contribution in [0, 0.1) is 11.3 Å². The summed E-state index contributed by atoms with van der Waals surface area (Å²) in [6.07, 6.45) is 3.89. The van der Waals surface area contributed by atoms with Gasteiger partial charge in [0.1, 0.15) is 11.9 Å². The average molecular weight is 295 g/mol. The fourth-order valence-corrected chi connectivity index (χ4v) is 2.28. The molecule has 0 saturated carbocycles. The van der Waals surface area contributed by atoms with Crippen LogP contribution in [0.5, 0.6) is 0 Å². The van der Waals surface area contributed by atoms with E-state index in [1.807, 2.05) is 24.3 Å². The summed E-state index contributed by atoms with van der Waals surface area (Å²) in [6, 6.07) is 11.4. The molecule has 0 radical (unpaired) electrons. The molecule has 0 saturated heterocycles. The fourth-order valence-electron chi connectivity index (χ4n) is 2.28.